The highest BCUT2D eigenvalue weighted by atomic mass is 16.5. The van der Waals surface area contributed by atoms with Gasteiger partial charge in [0.1, 0.15) is 12.4 Å². The lowest BCUT2D eigenvalue weighted by molar-refractivity contribution is 0.0307. The Bertz CT molecular complexity index is 491. The minimum Gasteiger partial charge on any atom is -0.491 e. The van der Waals surface area contributed by atoms with Crippen LogP contribution in [0.5, 0.6) is 5.75 Å². The molecule has 134 valence electrons. The zero-order valence-corrected chi connectivity index (χ0v) is 14.5. The van der Waals surface area contributed by atoms with E-state index in [4.69, 9.17) is 14.6 Å². The van der Waals surface area contributed by atoms with Crippen molar-refractivity contribution in [3.8, 4) is 5.75 Å². The first kappa shape index (κ1) is 17.7. The smallest absolute Gasteiger partial charge is 0.123 e. The van der Waals surface area contributed by atoms with E-state index in [1.54, 1.807) is 0 Å². The minimum atomic E-state index is 0.0454. The molecule has 2 aliphatic heterocycles. The Morgan fingerprint density at radius 2 is 1.88 bits per heavy atom. The van der Waals surface area contributed by atoms with Gasteiger partial charge in [0.25, 0.3) is 0 Å². The van der Waals surface area contributed by atoms with Crippen LogP contribution in [0.4, 0.5) is 0 Å². The molecule has 5 nitrogen and oxygen atoms in total. The fraction of sp³-hybridized carbons (Fsp3) is 0.684. The van der Waals surface area contributed by atoms with Gasteiger partial charge in [-0.1, -0.05) is 18.2 Å². The number of likely N-dealkylation sites (tertiary alicyclic amines) is 1. The van der Waals surface area contributed by atoms with Crippen LogP contribution in [-0.2, 0) is 11.3 Å². The van der Waals surface area contributed by atoms with E-state index in [9.17, 15) is 0 Å². The molecule has 1 aromatic carbocycles. The van der Waals surface area contributed by atoms with Crippen LogP contribution >= 0.6 is 0 Å². The summed E-state index contributed by atoms with van der Waals surface area (Å²) >= 11 is 0. The number of hydrogen-bond acceptors (Lipinski definition) is 5. The summed E-state index contributed by atoms with van der Waals surface area (Å²) in [7, 11) is 0. The first-order valence-electron chi connectivity index (χ1n) is 9.23. The van der Waals surface area contributed by atoms with Crippen molar-refractivity contribution in [3.05, 3.63) is 29.8 Å². The third-order valence-corrected chi connectivity index (χ3v) is 4.81. The van der Waals surface area contributed by atoms with Crippen molar-refractivity contribution in [1.82, 2.24) is 9.80 Å². The standard InChI is InChI=1S/C19H30N2O3/c22-11-13-24-19-7-2-1-6-17(19)14-21-10-5-12-23-18(16-21)15-20-8-3-4-9-20/h1-2,6-7,18,22H,3-5,8-16H2. The van der Waals surface area contributed by atoms with E-state index in [2.05, 4.69) is 21.9 Å². The maximum absolute atomic E-state index is 8.99. The lowest BCUT2D eigenvalue weighted by atomic mass is 10.1. The summed E-state index contributed by atoms with van der Waals surface area (Å²) in [5.74, 6) is 0.882. The number of aliphatic hydroxyl groups excluding tert-OH is 1. The second-order valence-electron chi connectivity index (χ2n) is 6.77. The van der Waals surface area contributed by atoms with Crippen molar-refractivity contribution < 1.29 is 14.6 Å². The molecule has 0 amide bonds. The molecule has 24 heavy (non-hydrogen) atoms. The van der Waals surface area contributed by atoms with E-state index >= 15 is 0 Å². The van der Waals surface area contributed by atoms with Crippen LogP contribution in [0, 0.1) is 0 Å². The Hall–Kier alpha value is -1.14. The molecule has 1 N–H and O–H groups in total. The molecule has 5 heteroatoms. The van der Waals surface area contributed by atoms with Gasteiger partial charge in [-0.3, -0.25) is 4.90 Å². The van der Waals surface area contributed by atoms with Crippen LogP contribution in [-0.4, -0.2) is 73.6 Å². The third kappa shape index (κ3) is 5.18. The molecule has 0 bridgehead atoms. The number of aliphatic hydroxyl groups is 1. The number of rotatable bonds is 7. The molecule has 1 unspecified atom stereocenters. The van der Waals surface area contributed by atoms with Crippen LogP contribution in [0.15, 0.2) is 24.3 Å². The predicted octanol–water partition coefficient (Wildman–Crippen LogP) is 1.74. The van der Waals surface area contributed by atoms with Crippen LogP contribution in [0.2, 0.25) is 0 Å². The summed E-state index contributed by atoms with van der Waals surface area (Å²) in [5.41, 5.74) is 1.19. The molecule has 2 fully saturated rings. The summed E-state index contributed by atoms with van der Waals surface area (Å²) in [6, 6.07) is 8.14. The topological polar surface area (TPSA) is 45.2 Å². The number of para-hydroxylation sites is 1. The highest BCUT2D eigenvalue weighted by molar-refractivity contribution is 5.33. The monoisotopic (exact) mass is 334 g/mol. The normalized spacial score (nSPS) is 23.3. The van der Waals surface area contributed by atoms with Gasteiger partial charge >= 0.3 is 0 Å². The van der Waals surface area contributed by atoms with Gasteiger partial charge in [0.05, 0.1) is 12.7 Å². The van der Waals surface area contributed by atoms with Gasteiger partial charge in [-0.25, -0.2) is 0 Å². The molecule has 0 aromatic heterocycles. The van der Waals surface area contributed by atoms with E-state index in [1.807, 2.05) is 12.1 Å². The first-order valence-corrected chi connectivity index (χ1v) is 9.23. The van der Waals surface area contributed by atoms with Gasteiger partial charge in [-0.15, -0.1) is 0 Å². The van der Waals surface area contributed by atoms with E-state index in [0.717, 1.165) is 45.0 Å². The predicted molar refractivity (Wildman–Crippen MR) is 94.3 cm³/mol. The molecule has 0 saturated carbocycles. The van der Waals surface area contributed by atoms with E-state index < -0.39 is 0 Å². The molecule has 2 heterocycles. The van der Waals surface area contributed by atoms with E-state index in [1.165, 1.54) is 31.5 Å². The summed E-state index contributed by atoms with van der Waals surface area (Å²) in [6.45, 7) is 7.66. The van der Waals surface area contributed by atoms with Crippen molar-refractivity contribution >= 4 is 0 Å². The second kappa shape index (κ2) is 9.37. The molecule has 3 rings (SSSR count). The van der Waals surface area contributed by atoms with Gasteiger partial charge < -0.3 is 19.5 Å². The maximum atomic E-state index is 8.99. The summed E-state index contributed by atoms with van der Waals surface area (Å²) in [6.07, 6.45) is 4.03. The first-order chi connectivity index (χ1) is 11.8. The average molecular weight is 334 g/mol. The largest absolute Gasteiger partial charge is 0.491 e. The fourth-order valence-corrected chi connectivity index (χ4v) is 3.65. The molecule has 2 saturated heterocycles. The van der Waals surface area contributed by atoms with Gasteiger partial charge in [0.2, 0.25) is 0 Å². The Labute approximate surface area is 145 Å². The molecule has 0 radical (unpaired) electrons. The van der Waals surface area contributed by atoms with Crippen molar-refractivity contribution in [2.45, 2.75) is 31.9 Å². The van der Waals surface area contributed by atoms with Crippen LogP contribution in [0.25, 0.3) is 0 Å². The molecule has 0 spiro atoms. The Kier molecular flexibility index (Phi) is 6.90. The number of nitrogens with zero attached hydrogens (tertiary/aromatic N) is 2. The van der Waals surface area contributed by atoms with Gasteiger partial charge in [-0.2, -0.15) is 0 Å². The number of benzene rings is 1. The van der Waals surface area contributed by atoms with Gasteiger partial charge in [0, 0.05) is 38.3 Å². The molecule has 0 aliphatic carbocycles. The minimum absolute atomic E-state index is 0.0454. The number of hydrogen-bond donors (Lipinski definition) is 1. The summed E-state index contributed by atoms with van der Waals surface area (Å²) in [5, 5.41) is 8.99. The second-order valence-corrected chi connectivity index (χ2v) is 6.77. The number of ether oxygens (including phenoxy) is 2. The molecule has 1 aromatic rings. The summed E-state index contributed by atoms with van der Waals surface area (Å²) < 4.78 is 11.8. The van der Waals surface area contributed by atoms with E-state index in [-0.39, 0.29) is 6.61 Å². The summed E-state index contributed by atoms with van der Waals surface area (Å²) in [4.78, 5) is 5.02. The van der Waals surface area contributed by atoms with Crippen molar-refractivity contribution in [1.29, 1.82) is 0 Å². The fourth-order valence-electron chi connectivity index (χ4n) is 3.65. The van der Waals surface area contributed by atoms with Gasteiger partial charge in [-0.05, 0) is 38.4 Å². The van der Waals surface area contributed by atoms with Crippen LogP contribution < -0.4 is 4.74 Å². The zero-order valence-electron chi connectivity index (χ0n) is 14.5. The van der Waals surface area contributed by atoms with Crippen molar-refractivity contribution in [2.75, 3.05) is 52.5 Å². The molecular weight excluding hydrogens is 304 g/mol. The SMILES string of the molecule is OCCOc1ccccc1CN1CCCOC(CN2CCCC2)C1. The molecular formula is C19H30N2O3. The lowest BCUT2D eigenvalue weighted by Crippen LogP contribution is -2.39. The Morgan fingerprint density at radius 1 is 1.08 bits per heavy atom. The third-order valence-electron chi connectivity index (χ3n) is 4.81. The lowest BCUT2D eigenvalue weighted by Gasteiger charge is -2.27. The highest BCUT2D eigenvalue weighted by Crippen LogP contribution is 2.21. The average Bonchev–Trinajstić information content (AvgIpc) is 3.01. The van der Waals surface area contributed by atoms with Crippen molar-refractivity contribution in [3.63, 3.8) is 0 Å². The van der Waals surface area contributed by atoms with E-state index in [0.29, 0.717) is 12.7 Å². The Balaban J connectivity index is 1.58. The van der Waals surface area contributed by atoms with Crippen LogP contribution in [0.1, 0.15) is 24.8 Å². The molecule has 1 atom stereocenters. The highest BCUT2D eigenvalue weighted by Gasteiger charge is 2.23. The van der Waals surface area contributed by atoms with Gasteiger partial charge in [0.15, 0.2) is 0 Å². The Morgan fingerprint density at radius 3 is 2.71 bits per heavy atom. The molecule has 2 aliphatic rings. The van der Waals surface area contributed by atoms with Crippen molar-refractivity contribution in [2.24, 2.45) is 0 Å². The van der Waals surface area contributed by atoms with Crippen LogP contribution in [0.3, 0.4) is 0 Å². The maximum Gasteiger partial charge on any atom is 0.123 e. The quantitative estimate of drug-likeness (QED) is 0.823. The zero-order chi connectivity index (χ0) is 16.6.